The third-order valence-electron chi connectivity index (χ3n) is 7.26. The minimum absolute atomic E-state index is 0.344. The van der Waals surface area contributed by atoms with Crippen molar-refractivity contribution in [2.75, 3.05) is 46.9 Å². The van der Waals surface area contributed by atoms with E-state index in [1.807, 2.05) is 0 Å². The molecule has 0 amide bonds. The smallest absolute Gasteiger partial charge is 0.126 e. The number of hydrogen-bond acceptors (Lipinski definition) is 2. The number of ether oxygens (including phenoxy) is 1. The van der Waals surface area contributed by atoms with Crippen LogP contribution >= 0.6 is 0 Å². The third-order valence-corrected chi connectivity index (χ3v) is 7.26. The van der Waals surface area contributed by atoms with E-state index in [9.17, 15) is 5.11 Å². The molecule has 0 aromatic heterocycles. The van der Waals surface area contributed by atoms with Crippen molar-refractivity contribution in [1.82, 2.24) is 0 Å². The van der Waals surface area contributed by atoms with Crippen LogP contribution in [-0.4, -0.2) is 64.2 Å². The van der Waals surface area contributed by atoms with Crippen LogP contribution < -0.4 is 9.80 Å². The molecule has 138 valence electrons. The molecule has 1 unspecified atom stereocenters. The Kier molecular flexibility index (Phi) is 5.70. The summed E-state index contributed by atoms with van der Waals surface area (Å²) in [7, 11) is 4.51. The predicted molar refractivity (Wildman–Crippen MR) is 96.3 cm³/mol. The van der Waals surface area contributed by atoms with E-state index in [2.05, 4.69) is 34.0 Å². The SMILES string of the molecule is C[NH+]1CCC([NH+](C)C[C@H](O)COCC2=CC[C@H]3C[C@@H]2C3(C)C)CC1. The van der Waals surface area contributed by atoms with E-state index in [-0.39, 0.29) is 6.10 Å². The van der Waals surface area contributed by atoms with Gasteiger partial charge < -0.3 is 19.6 Å². The van der Waals surface area contributed by atoms with Crippen molar-refractivity contribution in [1.29, 1.82) is 0 Å². The maximum absolute atomic E-state index is 10.3. The zero-order valence-corrected chi connectivity index (χ0v) is 16.1. The Labute approximate surface area is 147 Å². The second-order valence-corrected chi connectivity index (χ2v) is 9.27. The molecule has 0 aromatic rings. The highest BCUT2D eigenvalue weighted by Crippen LogP contribution is 2.59. The fraction of sp³-hybridized carbons (Fsp3) is 0.900. The Hall–Kier alpha value is -0.420. The lowest BCUT2D eigenvalue weighted by atomic mass is 9.49. The standard InChI is InChI=1S/C20H36N2O2/c1-20(2)16-6-5-15(19(20)11-16)13-24-14-18(23)12-22(4)17-7-9-21(3)10-8-17/h5,16-19,23H,6-14H2,1-4H3/p+2/t16-,18-,19-/m0/s1. The number of nitrogens with one attached hydrogen (secondary N) is 2. The highest BCUT2D eigenvalue weighted by Gasteiger charge is 2.50. The van der Waals surface area contributed by atoms with Crippen LogP contribution in [0.15, 0.2) is 11.6 Å². The summed E-state index contributed by atoms with van der Waals surface area (Å²) in [5.74, 6) is 1.59. The number of allylic oxidation sites excluding steroid dienone is 1. The summed E-state index contributed by atoms with van der Waals surface area (Å²) in [5, 5.41) is 10.3. The second kappa shape index (κ2) is 7.45. The lowest BCUT2D eigenvalue weighted by Crippen LogP contribution is -3.18. The third kappa shape index (κ3) is 3.87. The van der Waals surface area contributed by atoms with Crippen molar-refractivity contribution < 1.29 is 19.6 Å². The molecule has 3 aliphatic carbocycles. The molecular formula is C20H38N2O2+2. The van der Waals surface area contributed by atoms with Crippen LogP contribution in [0.25, 0.3) is 0 Å². The number of piperidine rings is 1. The van der Waals surface area contributed by atoms with Crippen molar-refractivity contribution in [3.05, 3.63) is 11.6 Å². The molecule has 1 saturated heterocycles. The zero-order valence-electron chi connectivity index (χ0n) is 16.1. The molecule has 4 nitrogen and oxygen atoms in total. The van der Waals surface area contributed by atoms with Gasteiger partial charge >= 0.3 is 0 Å². The number of quaternary nitrogens is 2. The van der Waals surface area contributed by atoms with Crippen LogP contribution in [0.1, 0.15) is 39.5 Å². The number of aliphatic hydroxyl groups excluding tert-OH is 1. The number of hydrogen-bond donors (Lipinski definition) is 3. The molecule has 1 aliphatic heterocycles. The van der Waals surface area contributed by atoms with Crippen LogP contribution in [0.2, 0.25) is 0 Å². The van der Waals surface area contributed by atoms with Gasteiger partial charge in [0, 0.05) is 12.8 Å². The maximum atomic E-state index is 10.3. The first kappa shape index (κ1) is 18.4. The van der Waals surface area contributed by atoms with Crippen molar-refractivity contribution in [2.45, 2.75) is 51.7 Å². The first-order valence-corrected chi connectivity index (χ1v) is 9.96. The van der Waals surface area contributed by atoms with Crippen molar-refractivity contribution in [3.63, 3.8) is 0 Å². The zero-order chi connectivity index (χ0) is 17.3. The summed E-state index contributed by atoms with van der Waals surface area (Å²) >= 11 is 0. The van der Waals surface area contributed by atoms with Gasteiger partial charge in [0.15, 0.2) is 0 Å². The summed E-state index contributed by atoms with van der Waals surface area (Å²) in [6.07, 6.45) is 7.16. The Balaban J connectivity index is 1.35. The first-order chi connectivity index (χ1) is 11.4. The van der Waals surface area contributed by atoms with E-state index >= 15 is 0 Å². The van der Waals surface area contributed by atoms with Gasteiger partial charge in [-0.05, 0) is 35.7 Å². The lowest BCUT2D eigenvalue weighted by molar-refractivity contribution is -0.941. The van der Waals surface area contributed by atoms with Crippen molar-refractivity contribution in [3.8, 4) is 0 Å². The van der Waals surface area contributed by atoms with Gasteiger partial charge in [-0.15, -0.1) is 0 Å². The number of aliphatic hydroxyl groups is 1. The Morgan fingerprint density at radius 3 is 2.71 bits per heavy atom. The monoisotopic (exact) mass is 338 g/mol. The van der Waals surface area contributed by atoms with Crippen LogP contribution in [0.5, 0.6) is 0 Å². The summed E-state index contributed by atoms with van der Waals surface area (Å²) in [5.41, 5.74) is 1.95. The fourth-order valence-corrected chi connectivity index (χ4v) is 5.15. The molecule has 4 rings (SSSR count). The number of rotatable bonds is 7. The van der Waals surface area contributed by atoms with Gasteiger partial charge in [-0.3, -0.25) is 0 Å². The van der Waals surface area contributed by atoms with Crippen LogP contribution in [0, 0.1) is 17.3 Å². The quantitative estimate of drug-likeness (QED) is 0.550. The van der Waals surface area contributed by atoms with Gasteiger partial charge in [-0.2, -0.15) is 0 Å². The number of likely N-dealkylation sites (tertiary alicyclic amines) is 1. The van der Waals surface area contributed by atoms with Crippen molar-refractivity contribution >= 4 is 0 Å². The molecule has 3 N–H and O–H groups in total. The Bertz CT molecular complexity index is 455. The molecule has 0 radical (unpaired) electrons. The first-order valence-electron chi connectivity index (χ1n) is 9.96. The highest BCUT2D eigenvalue weighted by atomic mass is 16.5. The Morgan fingerprint density at radius 1 is 1.38 bits per heavy atom. The molecule has 4 atom stereocenters. The minimum atomic E-state index is -0.344. The maximum Gasteiger partial charge on any atom is 0.126 e. The molecule has 4 aliphatic rings. The number of fused-ring (bicyclic) bond motifs is 1. The van der Waals surface area contributed by atoms with E-state index < -0.39 is 0 Å². The second-order valence-electron chi connectivity index (χ2n) is 9.27. The number of likely N-dealkylation sites (N-methyl/N-ethyl adjacent to an activating group) is 1. The summed E-state index contributed by atoms with van der Waals surface area (Å²) in [6, 6.07) is 0.706. The van der Waals surface area contributed by atoms with Gasteiger partial charge in [0.05, 0.1) is 46.4 Å². The van der Waals surface area contributed by atoms with Gasteiger partial charge in [-0.1, -0.05) is 19.9 Å². The molecule has 2 bridgehead atoms. The largest absolute Gasteiger partial charge is 0.385 e. The summed E-state index contributed by atoms with van der Waals surface area (Å²) in [6.45, 7) is 9.32. The normalized spacial score (nSPS) is 37.3. The van der Waals surface area contributed by atoms with Gasteiger partial charge in [0.25, 0.3) is 0 Å². The molecule has 4 heteroatoms. The highest BCUT2D eigenvalue weighted by molar-refractivity contribution is 5.23. The molecule has 2 fully saturated rings. The van der Waals surface area contributed by atoms with E-state index in [4.69, 9.17) is 4.74 Å². The summed E-state index contributed by atoms with van der Waals surface area (Å²) in [4.78, 5) is 3.11. The van der Waals surface area contributed by atoms with Crippen LogP contribution in [0.3, 0.4) is 0 Å². The van der Waals surface area contributed by atoms with Gasteiger partial charge in [0.2, 0.25) is 0 Å². The average Bonchev–Trinajstić information content (AvgIpc) is 2.55. The van der Waals surface area contributed by atoms with E-state index in [1.165, 1.54) is 49.2 Å². The van der Waals surface area contributed by atoms with E-state index in [1.54, 1.807) is 4.90 Å². The van der Waals surface area contributed by atoms with Crippen LogP contribution in [0.4, 0.5) is 0 Å². The topological polar surface area (TPSA) is 38.3 Å². The lowest BCUT2D eigenvalue weighted by Gasteiger charge is -2.56. The van der Waals surface area contributed by atoms with E-state index in [0.717, 1.165) is 12.5 Å². The van der Waals surface area contributed by atoms with Gasteiger partial charge in [0.1, 0.15) is 12.6 Å². The van der Waals surface area contributed by atoms with Crippen molar-refractivity contribution in [2.24, 2.45) is 17.3 Å². The molecule has 0 aromatic carbocycles. The molecule has 0 spiro atoms. The molecular weight excluding hydrogens is 300 g/mol. The summed E-state index contributed by atoms with van der Waals surface area (Å²) < 4.78 is 5.89. The molecule has 1 heterocycles. The minimum Gasteiger partial charge on any atom is -0.385 e. The average molecular weight is 339 g/mol. The predicted octanol–water partition coefficient (Wildman–Crippen LogP) is -0.452. The molecule has 24 heavy (non-hydrogen) atoms. The van der Waals surface area contributed by atoms with E-state index in [0.29, 0.717) is 30.6 Å². The van der Waals surface area contributed by atoms with Crippen LogP contribution in [-0.2, 0) is 4.74 Å². The Morgan fingerprint density at radius 2 is 2.08 bits per heavy atom. The fourth-order valence-electron chi connectivity index (χ4n) is 5.15. The van der Waals surface area contributed by atoms with Gasteiger partial charge in [-0.25, -0.2) is 0 Å². The molecule has 1 saturated carbocycles.